The van der Waals surface area contributed by atoms with E-state index in [0.717, 1.165) is 11.4 Å². The second-order valence-corrected chi connectivity index (χ2v) is 6.48. The third-order valence-electron chi connectivity index (χ3n) is 3.40. The van der Waals surface area contributed by atoms with E-state index in [1.54, 1.807) is 6.07 Å². The van der Waals surface area contributed by atoms with Gasteiger partial charge in [0.15, 0.2) is 0 Å². The van der Waals surface area contributed by atoms with Gasteiger partial charge in [-0.1, -0.05) is 49.2 Å². The minimum Gasteiger partial charge on any atom is -0.489 e. The Morgan fingerprint density at radius 1 is 0.955 bits per heavy atom. The summed E-state index contributed by atoms with van der Waals surface area (Å²) in [6.45, 7) is 7.07. The van der Waals surface area contributed by atoms with Crippen molar-refractivity contribution in [3.8, 4) is 5.75 Å². The molecule has 0 bridgehead atoms. The molecule has 0 aliphatic rings. The minimum atomic E-state index is 0.0411. The Kier molecular flexibility index (Phi) is 5.98. The van der Waals surface area contributed by atoms with Crippen LogP contribution in [0.5, 0.6) is 5.75 Å². The van der Waals surface area contributed by atoms with Crippen LogP contribution in [0.1, 0.15) is 32.3 Å². The van der Waals surface area contributed by atoms with Gasteiger partial charge in [0.2, 0.25) is 0 Å². The molecule has 1 atom stereocenters. The van der Waals surface area contributed by atoms with Crippen LogP contribution in [0.15, 0.2) is 42.5 Å². The monoisotopic (exact) mass is 337 g/mol. The van der Waals surface area contributed by atoms with Gasteiger partial charge in [0.25, 0.3) is 0 Å². The Labute approximate surface area is 142 Å². The molecule has 22 heavy (non-hydrogen) atoms. The molecule has 0 spiro atoms. The highest BCUT2D eigenvalue weighted by Gasteiger charge is 2.06. The van der Waals surface area contributed by atoms with Crippen molar-refractivity contribution >= 4 is 28.9 Å². The van der Waals surface area contributed by atoms with Gasteiger partial charge in [0.1, 0.15) is 11.9 Å². The second-order valence-electron chi connectivity index (χ2n) is 5.66. The maximum absolute atomic E-state index is 6.00. The summed E-state index contributed by atoms with van der Waals surface area (Å²) in [5, 5.41) is 4.40. The summed E-state index contributed by atoms with van der Waals surface area (Å²) < 4.78 is 5.90. The minimum absolute atomic E-state index is 0.0411. The molecule has 0 aliphatic heterocycles. The van der Waals surface area contributed by atoms with Crippen LogP contribution in [0.25, 0.3) is 0 Å². The van der Waals surface area contributed by atoms with Crippen molar-refractivity contribution in [2.24, 2.45) is 0 Å². The fraction of sp³-hybridized carbons (Fsp3) is 0.333. The Balaban J connectivity index is 1.87. The number of anilines is 1. The molecule has 2 aromatic carbocycles. The number of ether oxygens (including phenoxy) is 1. The fourth-order valence-electron chi connectivity index (χ4n) is 2.07. The summed E-state index contributed by atoms with van der Waals surface area (Å²) in [5.74, 6) is 1.41. The zero-order valence-corrected chi connectivity index (χ0v) is 14.6. The Morgan fingerprint density at radius 3 is 2.23 bits per heavy atom. The Bertz CT molecular complexity index is 611. The van der Waals surface area contributed by atoms with E-state index in [1.807, 2.05) is 31.2 Å². The van der Waals surface area contributed by atoms with Crippen LogP contribution >= 0.6 is 23.2 Å². The van der Waals surface area contributed by atoms with Crippen molar-refractivity contribution in [3.05, 3.63) is 58.1 Å². The third-order valence-corrected chi connectivity index (χ3v) is 4.14. The molecule has 118 valence electrons. The first-order chi connectivity index (χ1) is 10.5. The van der Waals surface area contributed by atoms with Crippen molar-refractivity contribution in [1.29, 1.82) is 0 Å². The van der Waals surface area contributed by atoms with Gasteiger partial charge in [0, 0.05) is 5.69 Å². The molecule has 0 aromatic heterocycles. The Morgan fingerprint density at radius 2 is 1.64 bits per heavy atom. The van der Waals surface area contributed by atoms with Crippen molar-refractivity contribution in [3.63, 3.8) is 0 Å². The normalized spacial score (nSPS) is 12.3. The van der Waals surface area contributed by atoms with Crippen LogP contribution in [0.3, 0.4) is 0 Å². The first-order valence-corrected chi connectivity index (χ1v) is 8.17. The molecule has 0 fully saturated rings. The fourth-order valence-corrected chi connectivity index (χ4v) is 2.37. The van der Waals surface area contributed by atoms with Gasteiger partial charge >= 0.3 is 0 Å². The highest BCUT2D eigenvalue weighted by molar-refractivity contribution is 6.42. The van der Waals surface area contributed by atoms with Gasteiger partial charge in [-0.3, -0.25) is 0 Å². The average molecular weight is 338 g/mol. The topological polar surface area (TPSA) is 21.3 Å². The summed E-state index contributed by atoms with van der Waals surface area (Å²) in [6, 6.07) is 13.8. The second kappa shape index (κ2) is 7.75. The first-order valence-electron chi connectivity index (χ1n) is 7.41. The van der Waals surface area contributed by atoms with E-state index in [4.69, 9.17) is 27.9 Å². The van der Waals surface area contributed by atoms with E-state index in [9.17, 15) is 0 Å². The van der Waals surface area contributed by atoms with Crippen LogP contribution in [-0.4, -0.2) is 12.6 Å². The SMILES string of the molecule is CC(CNc1ccc(Cl)c(Cl)c1)Oc1ccc(C(C)C)cc1. The molecule has 1 unspecified atom stereocenters. The van der Waals surface area contributed by atoms with Gasteiger partial charge in [-0.15, -0.1) is 0 Å². The lowest BCUT2D eigenvalue weighted by Gasteiger charge is -2.17. The van der Waals surface area contributed by atoms with Crippen molar-refractivity contribution in [2.75, 3.05) is 11.9 Å². The molecule has 0 heterocycles. The molecule has 2 rings (SSSR count). The number of hydrogen-bond acceptors (Lipinski definition) is 2. The summed E-state index contributed by atoms with van der Waals surface area (Å²) in [4.78, 5) is 0. The smallest absolute Gasteiger partial charge is 0.119 e. The van der Waals surface area contributed by atoms with Gasteiger partial charge in [0.05, 0.1) is 16.6 Å². The summed E-state index contributed by atoms with van der Waals surface area (Å²) >= 11 is 11.9. The lowest BCUT2D eigenvalue weighted by atomic mass is 10.0. The molecule has 1 N–H and O–H groups in total. The zero-order chi connectivity index (χ0) is 16.1. The number of hydrogen-bond donors (Lipinski definition) is 1. The highest BCUT2D eigenvalue weighted by Crippen LogP contribution is 2.25. The maximum Gasteiger partial charge on any atom is 0.119 e. The molecule has 0 saturated carbocycles. The predicted molar refractivity (Wildman–Crippen MR) is 95.6 cm³/mol. The van der Waals surface area contributed by atoms with E-state index >= 15 is 0 Å². The lowest BCUT2D eigenvalue weighted by molar-refractivity contribution is 0.234. The van der Waals surface area contributed by atoms with Crippen LogP contribution in [-0.2, 0) is 0 Å². The van der Waals surface area contributed by atoms with E-state index in [2.05, 4.69) is 31.3 Å². The maximum atomic E-state index is 6.00. The van der Waals surface area contributed by atoms with E-state index in [-0.39, 0.29) is 6.10 Å². The molecule has 2 aromatic rings. The number of benzene rings is 2. The van der Waals surface area contributed by atoms with Crippen LogP contribution < -0.4 is 10.1 Å². The predicted octanol–water partition coefficient (Wildman–Crippen LogP) is 6.00. The molecule has 0 radical (unpaired) electrons. The van der Waals surface area contributed by atoms with Crippen LogP contribution in [0.2, 0.25) is 10.0 Å². The number of rotatable bonds is 6. The molecule has 0 saturated heterocycles. The summed E-state index contributed by atoms with van der Waals surface area (Å²) in [7, 11) is 0. The average Bonchev–Trinajstić information content (AvgIpc) is 2.49. The van der Waals surface area contributed by atoms with Gasteiger partial charge in [-0.05, 0) is 48.7 Å². The van der Waals surface area contributed by atoms with E-state index < -0.39 is 0 Å². The highest BCUT2D eigenvalue weighted by atomic mass is 35.5. The van der Waals surface area contributed by atoms with Gasteiger partial charge < -0.3 is 10.1 Å². The lowest BCUT2D eigenvalue weighted by Crippen LogP contribution is -2.22. The van der Waals surface area contributed by atoms with Crippen molar-refractivity contribution in [1.82, 2.24) is 0 Å². The van der Waals surface area contributed by atoms with Gasteiger partial charge in [-0.25, -0.2) is 0 Å². The van der Waals surface area contributed by atoms with Crippen molar-refractivity contribution < 1.29 is 4.74 Å². The molecular weight excluding hydrogens is 317 g/mol. The largest absolute Gasteiger partial charge is 0.489 e. The standard InChI is InChI=1S/C18H21Cl2NO/c1-12(2)14-4-7-16(8-5-14)22-13(3)11-21-15-6-9-17(19)18(20)10-15/h4-10,12-13,21H,11H2,1-3H3. The van der Waals surface area contributed by atoms with Crippen LogP contribution in [0, 0.1) is 0 Å². The summed E-state index contributed by atoms with van der Waals surface area (Å²) in [5.41, 5.74) is 2.24. The third kappa shape index (κ3) is 4.82. The molecule has 4 heteroatoms. The van der Waals surface area contributed by atoms with E-state index in [1.165, 1.54) is 5.56 Å². The molecule has 0 aliphatic carbocycles. The summed E-state index contributed by atoms with van der Waals surface area (Å²) in [6.07, 6.45) is 0.0411. The molecule has 2 nitrogen and oxygen atoms in total. The molecular formula is C18H21Cl2NO. The van der Waals surface area contributed by atoms with Gasteiger partial charge in [-0.2, -0.15) is 0 Å². The van der Waals surface area contributed by atoms with Crippen LogP contribution in [0.4, 0.5) is 5.69 Å². The van der Waals surface area contributed by atoms with Crippen molar-refractivity contribution in [2.45, 2.75) is 32.8 Å². The number of nitrogens with one attached hydrogen (secondary N) is 1. The zero-order valence-electron chi connectivity index (χ0n) is 13.1. The number of halogens is 2. The quantitative estimate of drug-likeness (QED) is 0.698. The first kappa shape index (κ1) is 17.0. The Hall–Kier alpha value is -1.38. The van der Waals surface area contributed by atoms with E-state index in [0.29, 0.717) is 22.5 Å². The molecule has 0 amide bonds.